The van der Waals surface area contributed by atoms with Crippen molar-refractivity contribution in [3.63, 3.8) is 0 Å². The van der Waals surface area contributed by atoms with Crippen LogP contribution in [0.15, 0.2) is 24.3 Å². The van der Waals surface area contributed by atoms with Crippen molar-refractivity contribution in [3.05, 3.63) is 35.6 Å². The molecule has 22 heavy (non-hydrogen) atoms. The molecule has 0 aromatic heterocycles. The Kier molecular flexibility index (Phi) is 7.96. The molecular weight excluding hydrogens is 285 g/mol. The smallest absolute Gasteiger partial charge is 0.333 e. The Morgan fingerprint density at radius 3 is 2.41 bits per heavy atom. The third kappa shape index (κ3) is 7.06. The Bertz CT molecular complexity index is 477. The minimum Gasteiger partial charge on any atom is -0.334 e. The van der Waals surface area contributed by atoms with Crippen LogP contribution in [0.4, 0.5) is 9.18 Å². The molecule has 3 amide bonds. The Labute approximate surface area is 130 Å². The highest BCUT2D eigenvalue weighted by atomic mass is 19.1. The monoisotopic (exact) mass is 309 g/mol. The van der Waals surface area contributed by atoms with E-state index in [4.69, 9.17) is 0 Å². The molecular formula is C16H24FN3O2. The fourth-order valence-corrected chi connectivity index (χ4v) is 2.00. The normalized spacial score (nSPS) is 11.6. The number of hydrazine groups is 1. The lowest BCUT2D eigenvalue weighted by atomic mass is 10.1. The second-order valence-electron chi connectivity index (χ2n) is 5.31. The first kappa shape index (κ1) is 17.9. The number of unbranched alkanes of at least 4 members (excludes halogenated alkanes) is 3. The highest BCUT2D eigenvalue weighted by molar-refractivity contribution is 5.95. The Hall–Kier alpha value is -2.11. The van der Waals surface area contributed by atoms with E-state index in [1.807, 2.05) is 6.92 Å². The molecule has 1 aromatic rings. The van der Waals surface area contributed by atoms with Crippen LogP contribution >= 0.6 is 0 Å². The molecule has 5 nitrogen and oxygen atoms in total. The fourth-order valence-electron chi connectivity index (χ4n) is 2.00. The van der Waals surface area contributed by atoms with Gasteiger partial charge in [-0.1, -0.05) is 32.6 Å². The summed E-state index contributed by atoms with van der Waals surface area (Å²) < 4.78 is 12.7. The predicted molar refractivity (Wildman–Crippen MR) is 83.8 cm³/mol. The van der Waals surface area contributed by atoms with Crippen LogP contribution in [-0.4, -0.2) is 18.0 Å². The predicted octanol–water partition coefficient (Wildman–Crippen LogP) is 3.13. The zero-order valence-corrected chi connectivity index (χ0v) is 13.1. The number of carbonyl (C=O) groups excluding carboxylic acids is 2. The molecule has 1 atom stereocenters. The second kappa shape index (κ2) is 9.76. The summed E-state index contributed by atoms with van der Waals surface area (Å²) in [6.45, 7) is 4.08. The number of nitrogens with one attached hydrogen (secondary N) is 3. The van der Waals surface area contributed by atoms with Gasteiger partial charge in [0.2, 0.25) is 0 Å². The molecule has 0 heterocycles. The van der Waals surface area contributed by atoms with Gasteiger partial charge in [-0.3, -0.25) is 10.2 Å². The van der Waals surface area contributed by atoms with Crippen molar-refractivity contribution in [2.75, 3.05) is 0 Å². The van der Waals surface area contributed by atoms with Crippen LogP contribution in [0, 0.1) is 5.82 Å². The quantitative estimate of drug-likeness (QED) is 0.535. The van der Waals surface area contributed by atoms with Crippen LogP contribution in [0.1, 0.15) is 56.3 Å². The van der Waals surface area contributed by atoms with Crippen molar-refractivity contribution in [3.8, 4) is 0 Å². The van der Waals surface area contributed by atoms with Gasteiger partial charge in [0.25, 0.3) is 5.91 Å². The van der Waals surface area contributed by atoms with Crippen LogP contribution in [0.2, 0.25) is 0 Å². The van der Waals surface area contributed by atoms with Gasteiger partial charge in [0.05, 0.1) is 0 Å². The minimum atomic E-state index is -0.495. The lowest BCUT2D eigenvalue weighted by Gasteiger charge is -2.15. The van der Waals surface area contributed by atoms with E-state index in [1.165, 1.54) is 37.1 Å². The summed E-state index contributed by atoms with van der Waals surface area (Å²) in [4.78, 5) is 23.3. The topological polar surface area (TPSA) is 70.2 Å². The van der Waals surface area contributed by atoms with E-state index in [9.17, 15) is 14.0 Å². The number of hydrogen-bond acceptors (Lipinski definition) is 2. The van der Waals surface area contributed by atoms with Gasteiger partial charge < -0.3 is 5.32 Å². The molecule has 0 bridgehead atoms. The molecule has 0 aliphatic carbocycles. The fraction of sp³-hybridized carbons (Fsp3) is 0.500. The molecule has 6 heteroatoms. The lowest BCUT2D eigenvalue weighted by molar-refractivity contribution is 0.0935. The molecule has 122 valence electrons. The van der Waals surface area contributed by atoms with Gasteiger partial charge in [0.15, 0.2) is 0 Å². The van der Waals surface area contributed by atoms with Gasteiger partial charge in [-0.15, -0.1) is 0 Å². The minimum absolute atomic E-state index is 0.0413. The summed E-state index contributed by atoms with van der Waals surface area (Å²) in [5, 5.41) is 2.75. The van der Waals surface area contributed by atoms with Crippen LogP contribution in [0.3, 0.4) is 0 Å². The molecule has 1 unspecified atom stereocenters. The number of carbonyl (C=O) groups is 2. The molecule has 0 aliphatic rings. The molecule has 1 aromatic carbocycles. The van der Waals surface area contributed by atoms with Crippen molar-refractivity contribution in [1.29, 1.82) is 0 Å². The molecule has 0 saturated carbocycles. The van der Waals surface area contributed by atoms with Gasteiger partial charge in [-0.05, 0) is 37.6 Å². The number of benzene rings is 1. The van der Waals surface area contributed by atoms with Crippen LogP contribution in [0.5, 0.6) is 0 Å². The zero-order valence-electron chi connectivity index (χ0n) is 13.1. The van der Waals surface area contributed by atoms with Crippen molar-refractivity contribution in [1.82, 2.24) is 16.2 Å². The van der Waals surface area contributed by atoms with E-state index < -0.39 is 17.8 Å². The van der Waals surface area contributed by atoms with Gasteiger partial charge in [0.1, 0.15) is 5.82 Å². The maximum Gasteiger partial charge on any atom is 0.333 e. The van der Waals surface area contributed by atoms with E-state index in [1.54, 1.807) is 0 Å². The average molecular weight is 309 g/mol. The van der Waals surface area contributed by atoms with E-state index in [0.717, 1.165) is 19.3 Å². The SMILES string of the molecule is CCCCCCC(C)NC(=O)NNC(=O)c1ccc(F)cc1. The second-order valence-corrected chi connectivity index (χ2v) is 5.31. The van der Waals surface area contributed by atoms with Crippen molar-refractivity contribution in [2.45, 2.75) is 52.0 Å². The maximum atomic E-state index is 12.7. The summed E-state index contributed by atoms with van der Waals surface area (Å²) in [6, 6.07) is 4.65. The van der Waals surface area contributed by atoms with Crippen molar-refractivity contribution in [2.24, 2.45) is 0 Å². The maximum absolute atomic E-state index is 12.7. The lowest BCUT2D eigenvalue weighted by Crippen LogP contribution is -2.49. The summed E-state index contributed by atoms with van der Waals surface area (Å²) in [5.74, 6) is -0.912. The van der Waals surface area contributed by atoms with E-state index in [0.29, 0.717) is 0 Å². The number of halogens is 1. The van der Waals surface area contributed by atoms with Crippen molar-refractivity contribution >= 4 is 11.9 Å². The third-order valence-electron chi connectivity index (χ3n) is 3.26. The summed E-state index contributed by atoms with van der Waals surface area (Å²) in [6.07, 6.45) is 5.51. The first-order valence-corrected chi connectivity index (χ1v) is 7.65. The van der Waals surface area contributed by atoms with Gasteiger partial charge in [-0.2, -0.15) is 0 Å². The number of hydrogen-bond donors (Lipinski definition) is 3. The highest BCUT2D eigenvalue weighted by Crippen LogP contribution is 2.05. The molecule has 0 aliphatic heterocycles. The molecule has 0 spiro atoms. The van der Waals surface area contributed by atoms with E-state index >= 15 is 0 Å². The largest absolute Gasteiger partial charge is 0.334 e. The summed E-state index contributed by atoms with van der Waals surface area (Å²) in [7, 11) is 0. The summed E-state index contributed by atoms with van der Waals surface area (Å²) in [5.41, 5.74) is 4.83. The Balaban J connectivity index is 2.24. The van der Waals surface area contributed by atoms with Gasteiger partial charge in [-0.25, -0.2) is 14.6 Å². The van der Waals surface area contributed by atoms with Gasteiger partial charge in [0, 0.05) is 11.6 Å². The van der Waals surface area contributed by atoms with E-state index in [2.05, 4.69) is 23.1 Å². The third-order valence-corrected chi connectivity index (χ3v) is 3.26. The molecule has 0 radical (unpaired) electrons. The zero-order chi connectivity index (χ0) is 16.4. The van der Waals surface area contributed by atoms with Crippen LogP contribution < -0.4 is 16.2 Å². The molecule has 3 N–H and O–H groups in total. The van der Waals surface area contributed by atoms with Crippen LogP contribution in [-0.2, 0) is 0 Å². The number of urea groups is 1. The number of rotatable bonds is 7. The average Bonchev–Trinajstić information content (AvgIpc) is 2.50. The van der Waals surface area contributed by atoms with E-state index in [-0.39, 0.29) is 11.6 Å². The highest BCUT2D eigenvalue weighted by Gasteiger charge is 2.09. The van der Waals surface area contributed by atoms with Crippen LogP contribution in [0.25, 0.3) is 0 Å². The summed E-state index contributed by atoms with van der Waals surface area (Å²) >= 11 is 0. The Morgan fingerprint density at radius 1 is 1.09 bits per heavy atom. The molecule has 0 fully saturated rings. The Morgan fingerprint density at radius 2 is 1.77 bits per heavy atom. The number of amides is 3. The molecule has 1 rings (SSSR count). The standard InChI is InChI=1S/C16H24FN3O2/c1-3-4-5-6-7-12(2)18-16(22)20-19-15(21)13-8-10-14(17)11-9-13/h8-12H,3-7H2,1-2H3,(H,19,21)(H2,18,20,22). The first-order chi connectivity index (χ1) is 10.5. The molecule has 0 saturated heterocycles. The van der Waals surface area contributed by atoms with Gasteiger partial charge >= 0.3 is 6.03 Å². The van der Waals surface area contributed by atoms with Crippen molar-refractivity contribution < 1.29 is 14.0 Å². The first-order valence-electron chi connectivity index (χ1n) is 7.65.